The van der Waals surface area contributed by atoms with Crippen LogP contribution in [0.1, 0.15) is 115 Å². The molecule has 278 valence electrons. The van der Waals surface area contributed by atoms with Crippen LogP contribution in [0.5, 0.6) is 0 Å². The first-order chi connectivity index (χ1) is 27.2. The van der Waals surface area contributed by atoms with E-state index in [0.29, 0.717) is 0 Å². The Morgan fingerprint density at radius 3 is 1.56 bits per heavy atom. The van der Waals surface area contributed by atoms with Crippen molar-refractivity contribution < 1.29 is 0 Å². The first-order valence-corrected chi connectivity index (χ1v) is 21.3. The van der Waals surface area contributed by atoms with Gasteiger partial charge in [-0.25, -0.2) is 9.97 Å². The van der Waals surface area contributed by atoms with Gasteiger partial charge >= 0.3 is 0 Å². The fraction of sp³-hybridized carbons (Fsp3) is 0.321. The van der Waals surface area contributed by atoms with Gasteiger partial charge in [-0.2, -0.15) is 0 Å². The predicted octanol–water partition coefficient (Wildman–Crippen LogP) is 15.6. The Bertz CT molecular complexity index is 2340. The van der Waals surface area contributed by atoms with E-state index in [0.717, 1.165) is 33.5 Å². The molecule has 0 spiro atoms. The smallest absolute Gasteiger partial charge is 0.0973 e. The summed E-state index contributed by atoms with van der Waals surface area (Å²) in [6.45, 7) is 4.63. The second-order valence-electron chi connectivity index (χ2n) is 15.9. The highest BCUT2D eigenvalue weighted by Gasteiger charge is 2.43. The van der Waals surface area contributed by atoms with Gasteiger partial charge in [0.25, 0.3) is 0 Å². The van der Waals surface area contributed by atoms with Crippen LogP contribution < -0.4 is 0 Å². The van der Waals surface area contributed by atoms with Crippen LogP contribution in [-0.2, 0) is 5.41 Å². The minimum atomic E-state index is -0.0678. The van der Waals surface area contributed by atoms with Gasteiger partial charge in [0.15, 0.2) is 0 Å². The molecule has 6 aromatic carbocycles. The summed E-state index contributed by atoms with van der Waals surface area (Å²) in [5.41, 5.74) is 14.3. The number of benzene rings is 6. The van der Waals surface area contributed by atoms with Gasteiger partial charge in [-0.1, -0.05) is 206 Å². The van der Waals surface area contributed by atoms with Crippen LogP contribution in [-0.4, -0.2) is 9.97 Å². The molecule has 55 heavy (non-hydrogen) atoms. The summed E-state index contributed by atoms with van der Waals surface area (Å²) < 4.78 is 0. The molecule has 1 aliphatic rings. The Morgan fingerprint density at radius 1 is 0.400 bits per heavy atom. The lowest BCUT2D eigenvalue weighted by Gasteiger charge is -2.33. The molecule has 0 N–H and O–H groups in total. The van der Waals surface area contributed by atoms with E-state index in [1.54, 1.807) is 0 Å². The number of hydrogen-bond donors (Lipinski definition) is 0. The van der Waals surface area contributed by atoms with Gasteiger partial charge in [0, 0.05) is 16.5 Å². The molecule has 0 radical (unpaired) electrons. The van der Waals surface area contributed by atoms with Crippen molar-refractivity contribution >= 4 is 21.8 Å². The monoisotopic (exact) mass is 720 g/mol. The number of unbranched alkanes of at least 4 members (excludes halogenated alkanes) is 10. The molecule has 1 heterocycles. The van der Waals surface area contributed by atoms with Crippen LogP contribution in [0.3, 0.4) is 0 Å². The Kier molecular flexibility index (Phi) is 11.5. The molecule has 8 rings (SSSR count). The van der Waals surface area contributed by atoms with Gasteiger partial charge in [-0.05, 0) is 75.2 Å². The highest BCUT2D eigenvalue weighted by molar-refractivity contribution is 5.99. The first-order valence-electron chi connectivity index (χ1n) is 21.3. The lowest BCUT2D eigenvalue weighted by atomic mass is 9.70. The van der Waals surface area contributed by atoms with Crippen molar-refractivity contribution in [3.05, 3.63) is 145 Å². The zero-order valence-corrected chi connectivity index (χ0v) is 33.0. The van der Waals surface area contributed by atoms with Gasteiger partial charge in [0.2, 0.25) is 0 Å². The van der Waals surface area contributed by atoms with Crippen LogP contribution >= 0.6 is 0 Å². The molecule has 0 amide bonds. The summed E-state index contributed by atoms with van der Waals surface area (Å²) in [6.07, 6.45) is 17.9. The van der Waals surface area contributed by atoms with Crippen LogP contribution in [0, 0.1) is 0 Å². The van der Waals surface area contributed by atoms with E-state index in [-0.39, 0.29) is 5.41 Å². The third kappa shape index (κ3) is 7.62. The van der Waals surface area contributed by atoms with Crippen molar-refractivity contribution in [2.75, 3.05) is 0 Å². The Morgan fingerprint density at radius 2 is 0.927 bits per heavy atom. The zero-order chi connectivity index (χ0) is 37.5. The molecule has 0 aliphatic heterocycles. The van der Waals surface area contributed by atoms with E-state index in [1.165, 1.54) is 134 Å². The highest BCUT2D eigenvalue weighted by atomic mass is 14.8. The van der Waals surface area contributed by atoms with Gasteiger partial charge in [0.1, 0.15) is 0 Å². The molecule has 0 atom stereocenters. The third-order valence-corrected chi connectivity index (χ3v) is 12.3. The standard InChI is InChI=1S/C53H56N2/c1-3-5-7-9-11-21-34-53(35-22-12-10-8-6-4-2)47-36-42(44-31-23-29-39-24-19-20-30-43(39)44)32-33-45(47)46-37-49-50(38-48(46)53)55-52(41-27-17-14-18-28-41)51(54-49)40-25-15-13-16-26-40/h13-20,23-33,36-38H,3-12,21-22,34-35H2,1-2H3. The molecule has 7 aromatic rings. The van der Waals surface area contributed by atoms with Crippen LogP contribution in [0.2, 0.25) is 0 Å². The van der Waals surface area contributed by atoms with E-state index < -0.39 is 0 Å². The maximum Gasteiger partial charge on any atom is 0.0973 e. The number of fused-ring (bicyclic) bond motifs is 5. The average Bonchev–Trinajstić information content (AvgIpc) is 3.49. The minimum absolute atomic E-state index is 0.0678. The Balaban J connectivity index is 1.31. The maximum absolute atomic E-state index is 5.52. The summed E-state index contributed by atoms with van der Waals surface area (Å²) in [7, 11) is 0. The van der Waals surface area contributed by atoms with E-state index in [2.05, 4.69) is 147 Å². The molecule has 0 saturated carbocycles. The topological polar surface area (TPSA) is 25.8 Å². The molecule has 0 fully saturated rings. The largest absolute Gasteiger partial charge is 0.244 e. The fourth-order valence-electron chi connectivity index (χ4n) is 9.36. The first kappa shape index (κ1) is 36.9. The lowest BCUT2D eigenvalue weighted by Crippen LogP contribution is -2.25. The van der Waals surface area contributed by atoms with E-state index in [1.807, 2.05) is 0 Å². The molecule has 2 heteroatoms. The quantitative estimate of drug-likeness (QED) is 0.0875. The maximum atomic E-state index is 5.52. The number of rotatable bonds is 17. The molecule has 1 aromatic heterocycles. The molecular weight excluding hydrogens is 665 g/mol. The average molecular weight is 721 g/mol. The van der Waals surface area contributed by atoms with Crippen LogP contribution in [0.25, 0.3) is 66.6 Å². The van der Waals surface area contributed by atoms with Crippen molar-refractivity contribution in [2.24, 2.45) is 0 Å². The van der Waals surface area contributed by atoms with Crippen molar-refractivity contribution in [1.82, 2.24) is 9.97 Å². The summed E-state index contributed by atoms with van der Waals surface area (Å²) in [5.74, 6) is 0. The van der Waals surface area contributed by atoms with Crippen molar-refractivity contribution in [1.29, 1.82) is 0 Å². The Hall–Kier alpha value is -5.08. The van der Waals surface area contributed by atoms with Crippen LogP contribution in [0.15, 0.2) is 133 Å². The summed E-state index contributed by atoms with van der Waals surface area (Å²) >= 11 is 0. The second kappa shape index (κ2) is 17.2. The Labute approximate surface area is 329 Å². The van der Waals surface area contributed by atoms with Crippen molar-refractivity contribution in [3.63, 3.8) is 0 Å². The summed E-state index contributed by atoms with van der Waals surface area (Å²) in [5, 5.41) is 2.61. The van der Waals surface area contributed by atoms with Crippen molar-refractivity contribution in [3.8, 4) is 44.8 Å². The predicted molar refractivity (Wildman–Crippen MR) is 236 cm³/mol. The van der Waals surface area contributed by atoms with Crippen molar-refractivity contribution in [2.45, 2.75) is 109 Å². The molecule has 0 unspecified atom stereocenters. The second-order valence-corrected chi connectivity index (χ2v) is 15.9. The van der Waals surface area contributed by atoms with Gasteiger partial charge in [0.05, 0.1) is 22.4 Å². The van der Waals surface area contributed by atoms with E-state index >= 15 is 0 Å². The number of hydrogen-bond acceptors (Lipinski definition) is 2. The number of nitrogens with zero attached hydrogens (tertiary/aromatic N) is 2. The van der Waals surface area contributed by atoms with Crippen LogP contribution in [0.4, 0.5) is 0 Å². The molecule has 0 saturated heterocycles. The molecule has 0 bridgehead atoms. The van der Waals surface area contributed by atoms with E-state index in [4.69, 9.17) is 9.97 Å². The third-order valence-electron chi connectivity index (χ3n) is 12.3. The molecule has 2 nitrogen and oxygen atoms in total. The highest BCUT2D eigenvalue weighted by Crippen LogP contribution is 2.56. The van der Waals surface area contributed by atoms with E-state index in [9.17, 15) is 0 Å². The normalized spacial score (nSPS) is 13.0. The SMILES string of the molecule is CCCCCCCCC1(CCCCCCCC)c2cc(-c3cccc4ccccc34)ccc2-c2cc3nc(-c4ccccc4)c(-c4ccccc4)nc3cc21. The van der Waals surface area contributed by atoms with Gasteiger partial charge in [-0.3, -0.25) is 0 Å². The van der Waals surface area contributed by atoms with Gasteiger partial charge in [-0.15, -0.1) is 0 Å². The minimum Gasteiger partial charge on any atom is -0.244 e. The van der Waals surface area contributed by atoms with Gasteiger partial charge < -0.3 is 0 Å². The molecular formula is C53H56N2. The molecule has 1 aliphatic carbocycles. The summed E-state index contributed by atoms with van der Waals surface area (Å²) in [4.78, 5) is 11.0. The summed E-state index contributed by atoms with van der Waals surface area (Å²) in [6, 6.07) is 49.1. The lowest BCUT2D eigenvalue weighted by molar-refractivity contribution is 0.398. The zero-order valence-electron chi connectivity index (χ0n) is 33.0. The fourth-order valence-corrected chi connectivity index (χ4v) is 9.36. The number of aromatic nitrogens is 2.